The van der Waals surface area contributed by atoms with Gasteiger partial charge in [-0.05, 0) is 27.8 Å². The minimum atomic E-state index is -0.293. The fourth-order valence-corrected chi connectivity index (χ4v) is 5.79. The van der Waals surface area contributed by atoms with Crippen LogP contribution < -0.4 is 0 Å². The summed E-state index contributed by atoms with van der Waals surface area (Å²) in [5.41, 5.74) is 5.63. The van der Waals surface area contributed by atoms with Crippen molar-refractivity contribution in [3.63, 3.8) is 0 Å². The van der Waals surface area contributed by atoms with Crippen molar-refractivity contribution < 1.29 is 9.59 Å². The maximum absolute atomic E-state index is 13.5. The van der Waals surface area contributed by atoms with Gasteiger partial charge in [-0.25, -0.2) is 0 Å². The van der Waals surface area contributed by atoms with Crippen LogP contribution in [-0.4, -0.2) is 16.7 Å². The largest absolute Gasteiger partial charge is 0.278 e. The SMILES string of the molecule is O=C1[C@@H]2[C@H](C(=O)N1Cc1ccccc1)[C@@H]1C=C[C@H]2C1=C(c1ccccc1)c1ccccc1. The van der Waals surface area contributed by atoms with E-state index >= 15 is 0 Å². The fraction of sp³-hybridized carbons (Fsp3) is 0.172. The molecule has 0 N–H and O–H groups in total. The highest BCUT2D eigenvalue weighted by Crippen LogP contribution is 2.58. The molecule has 2 aliphatic carbocycles. The molecule has 2 amide bonds. The van der Waals surface area contributed by atoms with Crippen molar-refractivity contribution >= 4 is 17.4 Å². The Bertz CT molecular complexity index is 1170. The van der Waals surface area contributed by atoms with Gasteiger partial charge in [-0.15, -0.1) is 0 Å². The van der Waals surface area contributed by atoms with Crippen molar-refractivity contribution in [2.75, 3.05) is 0 Å². The van der Waals surface area contributed by atoms with Crippen LogP contribution in [0.25, 0.3) is 5.57 Å². The summed E-state index contributed by atoms with van der Waals surface area (Å²) in [6.45, 7) is 0.355. The number of rotatable bonds is 4. The second kappa shape index (κ2) is 7.45. The predicted molar refractivity (Wildman–Crippen MR) is 124 cm³/mol. The number of carbonyl (C=O) groups is 2. The second-order valence-electron chi connectivity index (χ2n) is 8.80. The zero-order valence-corrected chi connectivity index (χ0v) is 17.6. The maximum Gasteiger partial charge on any atom is 0.234 e. The molecule has 3 heteroatoms. The van der Waals surface area contributed by atoms with Crippen molar-refractivity contribution in [3.8, 4) is 0 Å². The number of fused-ring (bicyclic) bond motifs is 5. The summed E-state index contributed by atoms with van der Waals surface area (Å²) < 4.78 is 0. The van der Waals surface area contributed by atoms with E-state index in [2.05, 4.69) is 36.4 Å². The highest BCUT2D eigenvalue weighted by Gasteiger charge is 2.62. The van der Waals surface area contributed by atoms with E-state index in [0.29, 0.717) is 6.54 Å². The Kier molecular flexibility index (Phi) is 4.43. The molecular formula is C29H23NO2. The molecule has 3 aromatic rings. The zero-order chi connectivity index (χ0) is 21.7. The van der Waals surface area contributed by atoms with Gasteiger partial charge >= 0.3 is 0 Å². The molecule has 0 spiro atoms. The number of amides is 2. The first-order valence-electron chi connectivity index (χ1n) is 11.2. The Morgan fingerprint density at radius 1 is 0.625 bits per heavy atom. The van der Waals surface area contributed by atoms with Crippen LogP contribution >= 0.6 is 0 Å². The molecule has 1 saturated heterocycles. The van der Waals surface area contributed by atoms with E-state index in [1.165, 1.54) is 10.5 Å². The summed E-state index contributed by atoms with van der Waals surface area (Å²) in [6.07, 6.45) is 4.31. The van der Waals surface area contributed by atoms with Crippen LogP contribution in [0.5, 0.6) is 0 Å². The summed E-state index contributed by atoms with van der Waals surface area (Å²) in [4.78, 5) is 28.4. The lowest BCUT2D eigenvalue weighted by molar-refractivity contribution is -0.141. The molecule has 0 aromatic heterocycles. The number of hydrogen-bond donors (Lipinski definition) is 0. The van der Waals surface area contributed by atoms with Gasteiger partial charge < -0.3 is 0 Å². The molecule has 32 heavy (non-hydrogen) atoms. The summed E-state index contributed by atoms with van der Waals surface area (Å²) in [5.74, 6) is -0.704. The van der Waals surface area contributed by atoms with E-state index < -0.39 is 0 Å². The van der Waals surface area contributed by atoms with Gasteiger partial charge in [0.1, 0.15) is 0 Å². The van der Waals surface area contributed by atoms with Crippen LogP contribution in [0.15, 0.2) is 109 Å². The highest BCUT2D eigenvalue weighted by molar-refractivity contribution is 6.08. The molecule has 1 aliphatic heterocycles. The van der Waals surface area contributed by atoms with Crippen molar-refractivity contribution in [3.05, 3.63) is 125 Å². The normalized spacial score (nSPS) is 25.5. The Labute approximate surface area is 187 Å². The lowest BCUT2D eigenvalue weighted by Crippen LogP contribution is -2.32. The average molecular weight is 418 g/mol. The number of hydrogen-bond acceptors (Lipinski definition) is 2. The maximum atomic E-state index is 13.5. The average Bonchev–Trinajstić information content (AvgIpc) is 3.47. The Hall–Kier alpha value is -3.72. The number of allylic oxidation sites excluding steroid dienone is 3. The van der Waals surface area contributed by atoms with E-state index in [-0.39, 0.29) is 35.5 Å². The van der Waals surface area contributed by atoms with Gasteiger partial charge in [0.2, 0.25) is 11.8 Å². The molecule has 2 fully saturated rings. The van der Waals surface area contributed by atoms with E-state index in [4.69, 9.17) is 0 Å². The highest BCUT2D eigenvalue weighted by atomic mass is 16.2. The molecule has 6 rings (SSSR count). The van der Waals surface area contributed by atoms with Gasteiger partial charge in [0, 0.05) is 11.8 Å². The van der Waals surface area contributed by atoms with Crippen molar-refractivity contribution in [2.24, 2.45) is 23.7 Å². The number of nitrogens with zero attached hydrogens (tertiary/aromatic N) is 1. The first-order chi connectivity index (χ1) is 15.7. The van der Waals surface area contributed by atoms with Crippen LogP contribution in [0.1, 0.15) is 16.7 Å². The van der Waals surface area contributed by atoms with Crippen LogP contribution in [0.3, 0.4) is 0 Å². The molecule has 3 nitrogen and oxygen atoms in total. The van der Waals surface area contributed by atoms with Crippen molar-refractivity contribution in [1.82, 2.24) is 4.90 Å². The predicted octanol–water partition coefficient (Wildman–Crippen LogP) is 5.11. The third-order valence-electron chi connectivity index (χ3n) is 7.10. The second-order valence-corrected chi connectivity index (χ2v) is 8.80. The van der Waals surface area contributed by atoms with Crippen LogP contribution in [0.2, 0.25) is 0 Å². The smallest absolute Gasteiger partial charge is 0.234 e. The minimum Gasteiger partial charge on any atom is -0.278 e. The van der Waals surface area contributed by atoms with Crippen LogP contribution in [-0.2, 0) is 16.1 Å². The molecule has 0 unspecified atom stereocenters. The molecule has 4 atom stereocenters. The third kappa shape index (κ3) is 2.81. The van der Waals surface area contributed by atoms with E-state index in [1.807, 2.05) is 66.7 Å². The molecular weight excluding hydrogens is 394 g/mol. The Balaban J connectivity index is 1.44. The molecule has 3 aliphatic rings. The lowest BCUT2D eigenvalue weighted by atomic mass is 9.85. The minimum absolute atomic E-state index is 0.0290. The first-order valence-corrected chi connectivity index (χ1v) is 11.2. The summed E-state index contributed by atoms with van der Waals surface area (Å²) >= 11 is 0. The number of likely N-dealkylation sites (tertiary alicyclic amines) is 1. The van der Waals surface area contributed by atoms with Crippen LogP contribution in [0.4, 0.5) is 0 Å². The van der Waals surface area contributed by atoms with Gasteiger partial charge in [0.05, 0.1) is 18.4 Å². The standard InChI is InChI=1S/C29H23NO2/c31-28-26-22-16-17-23(27(26)29(32)30(28)18-19-10-4-1-5-11-19)25(22)24(20-12-6-2-7-13-20)21-14-8-3-9-15-21/h1-17,22-23,26-27H,18H2/t22-,23+,26-,27+. The topological polar surface area (TPSA) is 37.4 Å². The van der Waals surface area contributed by atoms with E-state index in [0.717, 1.165) is 22.3 Å². The molecule has 156 valence electrons. The summed E-state index contributed by atoms with van der Waals surface area (Å²) in [6, 6.07) is 30.5. The number of imide groups is 1. The molecule has 3 aromatic carbocycles. The molecule has 1 heterocycles. The van der Waals surface area contributed by atoms with Gasteiger partial charge in [0.25, 0.3) is 0 Å². The molecule has 2 bridgehead atoms. The quantitative estimate of drug-likeness (QED) is 0.437. The summed E-state index contributed by atoms with van der Waals surface area (Å²) in [7, 11) is 0. The van der Waals surface area contributed by atoms with Crippen molar-refractivity contribution in [2.45, 2.75) is 6.54 Å². The number of carbonyl (C=O) groups excluding carboxylic acids is 2. The van der Waals surface area contributed by atoms with Gasteiger partial charge in [0.15, 0.2) is 0 Å². The van der Waals surface area contributed by atoms with E-state index in [1.54, 1.807) is 0 Å². The fourth-order valence-electron chi connectivity index (χ4n) is 5.79. The number of benzene rings is 3. The van der Waals surface area contributed by atoms with E-state index in [9.17, 15) is 9.59 Å². The zero-order valence-electron chi connectivity index (χ0n) is 17.6. The van der Waals surface area contributed by atoms with Crippen LogP contribution in [0, 0.1) is 23.7 Å². The van der Waals surface area contributed by atoms with Gasteiger partial charge in [-0.3, -0.25) is 14.5 Å². The Morgan fingerprint density at radius 3 is 1.53 bits per heavy atom. The molecule has 0 radical (unpaired) electrons. The monoisotopic (exact) mass is 417 g/mol. The molecule has 1 saturated carbocycles. The summed E-state index contributed by atoms with van der Waals surface area (Å²) in [5, 5.41) is 0. The van der Waals surface area contributed by atoms with Gasteiger partial charge in [-0.1, -0.05) is 103 Å². The third-order valence-corrected chi connectivity index (χ3v) is 7.10. The lowest BCUT2D eigenvalue weighted by Gasteiger charge is -2.21. The van der Waals surface area contributed by atoms with Crippen molar-refractivity contribution in [1.29, 1.82) is 0 Å². The first kappa shape index (κ1) is 19.0. The Morgan fingerprint density at radius 2 is 1.06 bits per heavy atom. The van der Waals surface area contributed by atoms with Gasteiger partial charge in [-0.2, -0.15) is 0 Å².